The molecule has 0 amide bonds. The van der Waals surface area contributed by atoms with Crippen molar-refractivity contribution < 1.29 is 10.0 Å². The zero-order valence-electron chi connectivity index (χ0n) is 11.5. The normalized spacial score (nSPS) is 12.2. The van der Waals surface area contributed by atoms with Crippen LogP contribution in [0.25, 0.3) is 0 Å². The van der Waals surface area contributed by atoms with E-state index in [2.05, 4.69) is 0 Å². The lowest BCUT2D eigenvalue weighted by Crippen LogP contribution is -2.09. The van der Waals surface area contributed by atoms with Gasteiger partial charge in [0.25, 0.3) is 0 Å². The highest BCUT2D eigenvalue weighted by molar-refractivity contribution is 7.16. The third-order valence-electron chi connectivity index (χ3n) is 3.01. The lowest BCUT2D eigenvalue weighted by molar-refractivity contribution is -0.383. The molecule has 0 saturated heterocycles. The van der Waals surface area contributed by atoms with Crippen molar-refractivity contribution in [3.05, 3.63) is 50.9 Å². The Morgan fingerprint density at radius 2 is 2.10 bits per heavy atom. The number of aryl methyl sites for hydroxylation is 1. The molecule has 1 aromatic carbocycles. The monoisotopic (exact) mass is 292 g/mol. The fraction of sp³-hybridized carbons (Fsp3) is 0.286. The summed E-state index contributed by atoms with van der Waals surface area (Å²) in [5, 5.41) is 21.3. The molecule has 0 saturated carbocycles. The summed E-state index contributed by atoms with van der Waals surface area (Å²) in [6.07, 6.45) is -0.710. The van der Waals surface area contributed by atoms with Crippen molar-refractivity contribution in [3.63, 3.8) is 0 Å². The average Bonchev–Trinajstić information content (AvgIpc) is 2.83. The van der Waals surface area contributed by atoms with Gasteiger partial charge in [0.1, 0.15) is 0 Å². The Hall–Kier alpha value is -1.92. The Balaban J connectivity index is 2.48. The van der Waals surface area contributed by atoms with E-state index >= 15 is 0 Å². The van der Waals surface area contributed by atoms with Crippen LogP contribution in [-0.2, 0) is 0 Å². The highest BCUT2D eigenvalue weighted by Gasteiger charge is 2.24. The predicted molar refractivity (Wildman–Crippen MR) is 80.8 cm³/mol. The van der Waals surface area contributed by atoms with E-state index in [9.17, 15) is 15.2 Å². The second-order valence-electron chi connectivity index (χ2n) is 4.67. The summed E-state index contributed by atoms with van der Waals surface area (Å²) < 4.78 is 0. The Morgan fingerprint density at radius 3 is 2.65 bits per heavy atom. The first-order chi connectivity index (χ1) is 9.40. The minimum atomic E-state index is -0.710. The Bertz CT molecular complexity index is 637. The standard InChI is InChI=1S/C14H16N2O3S/c1-9-5-4-6-11(7-9)15(3)14-12(16(18)19)8-13(20-14)10(2)17/h4-8,10,17H,1-3H3/t10-/m0/s1. The highest BCUT2D eigenvalue weighted by atomic mass is 32.1. The second-order valence-corrected chi connectivity index (χ2v) is 5.73. The molecule has 0 fully saturated rings. The van der Waals surface area contributed by atoms with Crippen molar-refractivity contribution in [2.45, 2.75) is 20.0 Å². The number of nitro groups is 1. The highest BCUT2D eigenvalue weighted by Crippen LogP contribution is 2.42. The summed E-state index contributed by atoms with van der Waals surface area (Å²) in [7, 11) is 1.79. The molecule has 20 heavy (non-hydrogen) atoms. The first-order valence-corrected chi connectivity index (χ1v) is 6.98. The van der Waals surface area contributed by atoms with Crippen molar-refractivity contribution in [1.82, 2.24) is 0 Å². The third kappa shape index (κ3) is 2.81. The molecule has 0 bridgehead atoms. The molecule has 0 unspecified atom stereocenters. The molecule has 2 rings (SSSR count). The molecule has 0 aliphatic rings. The second kappa shape index (κ2) is 5.60. The molecule has 1 atom stereocenters. The first-order valence-electron chi connectivity index (χ1n) is 6.16. The number of benzene rings is 1. The van der Waals surface area contributed by atoms with Crippen LogP contribution in [0.2, 0.25) is 0 Å². The molecule has 6 heteroatoms. The lowest BCUT2D eigenvalue weighted by atomic mass is 10.2. The van der Waals surface area contributed by atoms with Gasteiger partial charge in [-0.1, -0.05) is 12.1 Å². The largest absolute Gasteiger partial charge is 0.388 e. The van der Waals surface area contributed by atoms with E-state index in [-0.39, 0.29) is 5.69 Å². The van der Waals surface area contributed by atoms with Crippen molar-refractivity contribution in [3.8, 4) is 0 Å². The maximum atomic E-state index is 11.2. The topological polar surface area (TPSA) is 66.6 Å². The summed E-state index contributed by atoms with van der Waals surface area (Å²) in [5.41, 5.74) is 1.99. The fourth-order valence-electron chi connectivity index (χ4n) is 1.92. The van der Waals surface area contributed by atoms with Gasteiger partial charge < -0.3 is 10.0 Å². The summed E-state index contributed by atoms with van der Waals surface area (Å²) >= 11 is 1.24. The van der Waals surface area contributed by atoms with Crippen molar-refractivity contribution in [2.24, 2.45) is 0 Å². The van der Waals surface area contributed by atoms with E-state index in [0.29, 0.717) is 9.88 Å². The van der Waals surface area contributed by atoms with Gasteiger partial charge in [-0.05, 0) is 31.5 Å². The molecule has 1 heterocycles. The zero-order chi connectivity index (χ0) is 14.9. The summed E-state index contributed by atoms with van der Waals surface area (Å²) in [4.78, 5) is 13.1. The molecule has 2 aromatic rings. The van der Waals surface area contributed by atoms with Gasteiger partial charge in [0.2, 0.25) is 0 Å². The lowest BCUT2D eigenvalue weighted by Gasteiger charge is -2.17. The quantitative estimate of drug-likeness (QED) is 0.687. The maximum Gasteiger partial charge on any atom is 0.304 e. The first kappa shape index (κ1) is 14.5. The van der Waals surface area contributed by atoms with Gasteiger partial charge in [-0.25, -0.2) is 0 Å². The van der Waals surface area contributed by atoms with Crippen LogP contribution in [0.1, 0.15) is 23.5 Å². The summed E-state index contributed by atoms with van der Waals surface area (Å²) in [5.74, 6) is 0. The number of anilines is 2. The number of aliphatic hydroxyl groups is 1. The Morgan fingerprint density at radius 1 is 1.40 bits per heavy atom. The third-order valence-corrected chi connectivity index (χ3v) is 4.39. The van der Waals surface area contributed by atoms with E-state index < -0.39 is 11.0 Å². The molecule has 0 spiro atoms. The molecular formula is C14H16N2O3S. The van der Waals surface area contributed by atoms with Crippen molar-refractivity contribution in [2.75, 3.05) is 11.9 Å². The average molecular weight is 292 g/mol. The minimum absolute atomic E-state index is 0.0231. The molecule has 106 valence electrons. The van der Waals surface area contributed by atoms with E-state index in [0.717, 1.165) is 11.3 Å². The molecule has 0 aliphatic carbocycles. The fourth-order valence-corrected chi connectivity index (χ4v) is 2.97. The van der Waals surface area contributed by atoms with Crippen LogP contribution in [0.4, 0.5) is 16.4 Å². The summed E-state index contributed by atoms with van der Waals surface area (Å²) in [6, 6.07) is 9.19. The number of hydrogen-bond donors (Lipinski definition) is 1. The minimum Gasteiger partial charge on any atom is -0.388 e. The van der Waals surface area contributed by atoms with Gasteiger partial charge in [-0.15, -0.1) is 11.3 Å². The number of thiophene rings is 1. The number of nitrogens with zero attached hydrogens (tertiary/aromatic N) is 2. The van der Waals surface area contributed by atoms with Crippen LogP contribution in [-0.4, -0.2) is 17.1 Å². The van der Waals surface area contributed by atoms with Crippen LogP contribution < -0.4 is 4.90 Å². The van der Waals surface area contributed by atoms with Crippen molar-refractivity contribution >= 4 is 27.7 Å². The van der Waals surface area contributed by atoms with Crippen LogP contribution in [0.3, 0.4) is 0 Å². The Kier molecular flexibility index (Phi) is 4.06. The van der Waals surface area contributed by atoms with Gasteiger partial charge in [-0.3, -0.25) is 10.1 Å². The SMILES string of the molecule is Cc1cccc(N(C)c2sc([C@H](C)O)cc2[N+](=O)[O-])c1. The van der Waals surface area contributed by atoms with E-state index in [4.69, 9.17) is 0 Å². The van der Waals surface area contributed by atoms with E-state index in [1.54, 1.807) is 18.9 Å². The molecular weight excluding hydrogens is 276 g/mol. The van der Waals surface area contributed by atoms with Crippen LogP contribution >= 0.6 is 11.3 Å². The number of rotatable bonds is 4. The smallest absolute Gasteiger partial charge is 0.304 e. The van der Waals surface area contributed by atoms with Gasteiger partial charge in [0.05, 0.1) is 11.0 Å². The number of hydrogen-bond acceptors (Lipinski definition) is 5. The van der Waals surface area contributed by atoms with Crippen LogP contribution in [0, 0.1) is 17.0 Å². The van der Waals surface area contributed by atoms with Gasteiger partial charge in [0.15, 0.2) is 5.00 Å². The van der Waals surface area contributed by atoms with Crippen LogP contribution in [0.5, 0.6) is 0 Å². The molecule has 0 radical (unpaired) electrons. The summed E-state index contributed by atoms with van der Waals surface area (Å²) in [6.45, 7) is 3.58. The van der Waals surface area contributed by atoms with Gasteiger partial charge >= 0.3 is 5.69 Å². The molecule has 5 nitrogen and oxygen atoms in total. The van der Waals surface area contributed by atoms with Gasteiger partial charge in [0, 0.05) is 23.7 Å². The Labute approximate surface area is 121 Å². The molecule has 0 aliphatic heterocycles. The van der Waals surface area contributed by atoms with E-state index in [1.807, 2.05) is 31.2 Å². The maximum absolute atomic E-state index is 11.2. The van der Waals surface area contributed by atoms with Gasteiger partial charge in [-0.2, -0.15) is 0 Å². The van der Waals surface area contributed by atoms with Crippen molar-refractivity contribution in [1.29, 1.82) is 0 Å². The predicted octanol–water partition coefficient (Wildman–Crippen LogP) is 3.79. The molecule has 1 N–H and O–H groups in total. The van der Waals surface area contributed by atoms with E-state index in [1.165, 1.54) is 17.4 Å². The molecule has 1 aromatic heterocycles. The number of aliphatic hydroxyl groups excluding tert-OH is 1. The van der Waals surface area contributed by atoms with Crippen LogP contribution in [0.15, 0.2) is 30.3 Å². The zero-order valence-corrected chi connectivity index (χ0v) is 12.3.